The number of aliphatic hydroxyl groups excluding tert-OH is 1. The van der Waals surface area contributed by atoms with Crippen LogP contribution in [0.25, 0.3) is 0 Å². The molecule has 1 unspecified atom stereocenters. The third-order valence-corrected chi connectivity index (χ3v) is 4.20. The Kier molecular flexibility index (Phi) is 7.49. The molecule has 1 aliphatic rings. The van der Waals surface area contributed by atoms with Crippen molar-refractivity contribution >= 4 is 0 Å². The molecule has 1 atom stereocenters. The lowest BCUT2D eigenvalue weighted by Gasteiger charge is -2.16. The van der Waals surface area contributed by atoms with Crippen LogP contribution in [0.1, 0.15) is 38.3 Å². The predicted molar refractivity (Wildman–Crippen MR) is 104 cm³/mol. The highest BCUT2D eigenvalue weighted by Gasteiger charge is 2.14. The number of benzene rings is 2. The Morgan fingerprint density at radius 2 is 1.69 bits per heavy atom. The van der Waals surface area contributed by atoms with Gasteiger partial charge in [0.2, 0.25) is 6.79 Å². The van der Waals surface area contributed by atoms with Gasteiger partial charge in [0.25, 0.3) is 0 Å². The van der Waals surface area contributed by atoms with Crippen molar-refractivity contribution in [2.45, 2.75) is 45.6 Å². The van der Waals surface area contributed by atoms with Crippen LogP contribution in [0.3, 0.4) is 0 Å². The number of aliphatic hydroxyl groups is 2. The summed E-state index contributed by atoms with van der Waals surface area (Å²) in [5.41, 5.74) is 1.92. The van der Waals surface area contributed by atoms with Crippen LogP contribution in [-0.4, -0.2) is 29.2 Å². The van der Waals surface area contributed by atoms with Gasteiger partial charge in [-0.15, -0.1) is 0 Å². The van der Waals surface area contributed by atoms with E-state index in [4.69, 9.17) is 14.6 Å². The van der Waals surface area contributed by atoms with Gasteiger partial charge in [-0.05, 0) is 62.3 Å². The van der Waals surface area contributed by atoms with Gasteiger partial charge < -0.3 is 19.7 Å². The lowest BCUT2D eigenvalue weighted by atomic mass is 9.99. The third kappa shape index (κ3) is 7.06. The van der Waals surface area contributed by atoms with E-state index in [1.165, 1.54) is 11.1 Å². The molecule has 142 valence electrons. The van der Waals surface area contributed by atoms with Gasteiger partial charge in [-0.3, -0.25) is 0 Å². The van der Waals surface area contributed by atoms with Gasteiger partial charge in [0.15, 0.2) is 11.5 Å². The Bertz CT molecular complexity index is 662. The van der Waals surface area contributed by atoms with E-state index in [9.17, 15) is 5.11 Å². The molecule has 1 heterocycles. The Labute approximate surface area is 156 Å². The molecule has 26 heavy (non-hydrogen) atoms. The highest BCUT2D eigenvalue weighted by molar-refractivity contribution is 5.44. The molecule has 2 aromatic rings. The van der Waals surface area contributed by atoms with Gasteiger partial charge in [0, 0.05) is 6.61 Å². The first kappa shape index (κ1) is 20.3. The quantitative estimate of drug-likeness (QED) is 0.820. The van der Waals surface area contributed by atoms with Crippen LogP contribution < -0.4 is 9.47 Å². The molecule has 0 saturated carbocycles. The van der Waals surface area contributed by atoms with Crippen LogP contribution in [0, 0.1) is 5.92 Å². The molecule has 4 heteroatoms. The number of hydrogen-bond donors (Lipinski definition) is 2. The lowest BCUT2D eigenvalue weighted by molar-refractivity contribution is 0.0714. The second-order valence-corrected chi connectivity index (χ2v) is 7.48. The Morgan fingerprint density at radius 3 is 2.35 bits per heavy atom. The molecule has 1 aliphatic heterocycles. The van der Waals surface area contributed by atoms with Crippen LogP contribution in [0.4, 0.5) is 0 Å². The summed E-state index contributed by atoms with van der Waals surface area (Å²) < 4.78 is 10.5. The van der Waals surface area contributed by atoms with E-state index in [1.807, 2.05) is 57.2 Å². The average molecular weight is 358 g/mol. The highest BCUT2D eigenvalue weighted by Crippen LogP contribution is 2.33. The molecule has 0 aromatic heterocycles. The van der Waals surface area contributed by atoms with Crippen molar-refractivity contribution in [2.24, 2.45) is 5.92 Å². The Morgan fingerprint density at radius 1 is 1.00 bits per heavy atom. The number of aryl methyl sites for hydroxylation is 1. The molecule has 0 radical (unpaired) electrons. The van der Waals surface area contributed by atoms with Crippen molar-refractivity contribution < 1.29 is 19.7 Å². The molecule has 0 spiro atoms. The minimum Gasteiger partial charge on any atom is -0.454 e. The van der Waals surface area contributed by atoms with Crippen molar-refractivity contribution in [1.29, 1.82) is 0 Å². The molecule has 0 aliphatic carbocycles. The van der Waals surface area contributed by atoms with E-state index >= 15 is 0 Å². The zero-order valence-corrected chi connectivity index (χ0v) is 15.9. The lowest BCUT2D eigenvalue weighted by Crippen LogP contribution is -2.19. The molecule has 2 aromatic carbocycles. The van der Waals surface area contributed by atoms with E-state index in [0.717, 1.165) is 30.8 Å². The average Bonchev–Trinajstić information content (AvgIpc) is 3.08. The summed E-state index contributed by atoms with van der Waals surface area (Å²) in [5.74, 6) is 1.91. The molecule has 0 bridgehead atoms. The molecule has 3 rings (SSSR count). The molecular formula is C22H30O4. The van der Waals surface area contributed by atoms with E-state index in [0.29, 0.717) is 6.79 Å². The zero-order valence-electron chi connectivity index (χ0n) is 15.9. The number of hydrogen-bond acceptors (Lipinski definition) is 4. The van der Waals surface area contributed by atoms with Crippen LogP contribution >= 0.6 is 0 Å². The van der Waals surface area contributed by atoms with E-state index < -0.39 is 5.60 Å². The van der Waals surface area contributed by atoms with Crippen molar-refractivity contribution in [3.05, 3.63) is 59.7 Å². The molecule has 0 amide bonds. The molecule has 4 nitrogen and oxygen atoms in total. The van der Waals surface area contributed by atoms with Crippen molar-refractivity contribution in [3.8, 4) is 11.5 Å². The normalized spacial score (nSPS) is 13.7. The first-order chi connectivity index (χ1) is 12.4. The minimum atomic E-state index is -0.546. The van der Waals surface area contributed by atoms with Gasteiger partial charge in [-0.25, -0.2) is 0 Å². The van der Waals surface area contributed by atoms with Crippen LogP contribution in [0.5, 0.6) is 11.5 Å². The summed E-state index contributed by atoms with van der Waals surface area (Å²) in [6, 6.07) is 16.2. The van der Waals surface area contributed by atoms with Gasteiger partial charge >= 0.3 is 0 Å². The van der Waals surface area contributed by atoms with Crippen molar-refractivity contribution in [2.75, 3.05) is 13.4 Å². The Hall–Kier alpha value is -2.04. The largest absolute Gasteiger partial charge is 0.454 e. The van der Waals surface area contributed by atoms with E-state index in [2.05, 4.69) is 12.1 Å². The highest BCUT2D eigenvalue weighted by atomic mass is 16.7. The molecule has 2 N–H and O–H groups in total. The maximum absolute atomic E-state index is 9.48. The second kappa shape index (κ2) is 9.60. The van der Waals surface area contributed by atoms with Gasteiger partial charge in [0.05, 0.1) is 5.60 Å². The molecule has 0 fully saturated rings. The second-order valence-electron chi connectivity index (χ2n) is 7.48. The first-order valence-corrected chi connectivity index (χ1v) is 9.13. The SMILES string of the molecule is CC(C)(O)CCc1ccccc1.CC(CO)Cc1ccc2c(c1)OCO2. The minimum absolute atomic E-state index is 0.217. The van der Waals surface area contributed by atoms with Crippen LogP contribution in [0.2, 0.25) is 0 Å². The predicted octanol–water partition coefficient (Wildman–Crippen LogP) is 3.98. The summed E-state index contributed by atoms with van der Waals surface area (Å²) in [7, 11) is 0. The fourth-order valence-electron chi connectivity index (χ4n) is 2.63. The number of ether oxygens (including phenoxy) is 2. The summed E-state index contributed by atoms with van der Waals surface area (Å²) in [6.07, 6.45) is 2.63. The van der Waals surface area contributed by atoms with Crippen LogP contribution in [-0.2, 0) is 12.8 Å². The topological polar surface area (TPSA) is 58.9 Å². The summed E-state index contributed by atoms with van der Waals surface area (Å²) >= 11 is 0. The van der Waals surface area contributed by atoms with Crippen LogP contribution in [0.15, 0.2) is 48.5 Å². The monoisotopic (exact) mass is 358 g/mol. The van der Waals surface area contributed by atoms with E-state index in [1.54, 1.807) is 0 Å². The maximum Gasteiger partial charge on any atom is 0.231 e. The number of rotatable bonds is 6. The fourth-order valence-corrected chi connectivity index (χ4v) is 2.63. The Balaban J connectivity index is 0.000000190. The summed E-state index contributed by atoms with van der Waals surface area (Å²) in [4.78, 5) is 0. The molecule has 0 saturated heterocycles. The van der Waals surface area contributed by atoms with Crippen molar-refractivity contribution in [1.82, 2.24) is 0 Å². The fraction of sp³-hybridized carbons (Fsp3) is 0.455. The van der Waals surface area contributed by atoms with Gasteiger partial charge in [0.1, 0.15) is 0 Å². The molecular weight excluding hydrogens is 328 g/mol. The van der Waals surface area contributed by atoms with Gasteiger partial charge in [-0.1, -0.05) is 43.3 Å². The summed E-state index contributed by atoms with van der Waals surface area (Å²) in [6.45, 7) is 6.24. The number of fused-ring (bicyclic) bond motifs is 1. The maximum atomic E-state index is 9.48. The zero-order chi connectivity index (χ0) is 19.0. The third-order valence-electron chi connectivity index (χ3n) is 4.20. The first-order valence-electron chi connectivity index (χ1n) is 9.13. The smallest absolute Gasteiger partial charge is 0.231 e. The van der Waals surface area contributed by atoms with E-state index in [-0.39, 0.29) is 12.5 Å². The van der Waals surface area contributed by atoms with Gasteiger partial charge in [-0.2, -0.15) is 0 Å². The standard InChI is InChI=1S/C11H14O3.C11H16O/c1-8(6-12)4-9-2-3-10-11(5-9)14-7-13-10;1-11(2,12)9-8-10-6-4-3-5-7-10/h2-3,5,8,12H,4,6-7H2,1H3;3-7,12H,8-9H2,1-2H3. The summed E-state index contributed by atoms with van der Waals surface area (Å²) in [5, 5.41) is 18.4. The van der Waals surface area contributed by atoms with Crippen molar-refractivity contribution in [3.63, 3.8) is 0 Å².